The maximum absolute atomic E-state index is 10.2. The first-order valence-corrected chi connectivity index (χ1v) is 5.05. The molecule has 1 N–H and O–H groups in total. The maximum atomic E-state index is 10.2. The van der Waals surface area contributed by atoms with Gasteiger partial charge in [0.15, 0.2) is 0 Å². The molecular formula is C12H18O3. The maximum Gasteiger partial charge on any atom is 0.119 e. The average Bonchev–Trinajstić information content (AvgIpc) is 2.26. The van der Waals surface area contributed by atoms with Gasteiger partial charge in [-0.15, -0.1) is 0 Å². The predicted molar refractivity (Wildman–Crippen MR) is 59.1 cm³/mol. The highest BCUT2D eigenvalue weighted by Gasteiger charge is 2.23. The van der Waals surface area contributed by atoms with Crippen LogP contribution in [-0.2, 0) is 10.3 Å². The van der Waals surface area contributed by atoms with Crippen molar-refractivity contribution in [2.75, 3.05) is 20.3 Å². The molecule has 3 nitrogen and oxygen atoms in total. The molecular weight excluding hydrogens is 192 g/mol. The first-order valence-electron chi connectivity index (χ1n) is 5.05. The number of hydrogen-bond donors (Lipinski definition) is 1. The molecule has 0 bridgehead atoms. The van der Waals surface area contributed by atoms with E-state index in [1.165, 1.54) is 0 Å². The normalized spacial score (nSPS) is 14.7. The predicted octanol–water partition coefficient (Wildman–Crippen LogP) is 1.94. The average molecular weight is 210 g/mol. The summed E-state index contributed by atoms with van der Waals surface area (Å²) >= 11 is 0. The van der Waals surface area contributed by atoms with Crippen LogP contribution in [0.3, 0.4) is 0 Å². The Morgan fingerprint density at radius 3 is 2.73 bits per heavy atom. The zero-order valence-electron chi connectivity index (χ0n) is 9.49. The molecule has 1 aromatic carbocycles. The second-order valence-corrected chi connectivity index (χ2v) is 3.64. The third kappa shape index (κ3) is 3.22. The highest BCUT2D eigenvalue weighted by molar-refractivity contribution is 5.31. The van der Waals surface area contributed by atoms with Gasteiger partial charge in [0.2, 0.25) is 0 Å². The van der Waals surface area contributed by atoms with Crippen LogP contribution in [0.4, 0.5) is 0 Å². The molecule has 0 saturated heterocycles. The summed E-state index contributed by atoms with van der Waals surface area (Å²) in [6, 6.07) is 7.38. The van der Waals surface area contributed by atoms with Crippen molar-refractivity contribution < 1.29 is 14.6 Å². The van der Waals surface area contributed by atoms with E-state index in [-0.39, 0.29) is 6.61 Å². The van der Waals surface area contributed by atoms with Gasteiger partial charge in [0.1, 0.15) is 11.4 Å². The van der Waals surface area contributed by atoms with E-state index in [1.54, 1.807) is 14.0 Å². The van der Waals surface area contributed by atoms with Crippen molar-refractivity contribution in [2.24, 2.45) is 0 Å². The van der Waals surface area contributed by atoms with Crippen molar-refractivity contribution >= 4 is 0 Å². The standard InChI is InChI=1S/C12H18O3/c1-4-15-9-12(2,13)10-6-5-7-11(8-10)14-3/h5-8,13H,4,9H2,1-3H3. The van der Waals surface area contributed by atoms with Gasteiger partial charge in [-0.1, -0.05) is 12.1 Å². The van der Waals surface area contributed by atoms with Crippen LogP contribution in [0.2, 0.25) is 0 Å². The molecule has 84 valence electrons. The Morgan fingerprint density at radius 2 is 2.13 bits per heavy atom. The third-order valence-corrected chi connectivity index (χ3v) is 2.28. The van der Waals surface area contributed by atoms with Gasteiger partial charge in [-0.3, -0.25) is 0 Å². The monoisotopic (exact) mass is 210 g/mol. The van der Waals surface area contributed by atoms with Crippen LogP contribution in [0, 0.1) is 0 Å². The number of ether oxygens (including phenoxy) is 2. The first-order chi connectivity index (χ1) is 7.10. The number of rotatable bonds is 5. The van der Waals surface area contributed by atoms with Crippen LogP contribution in [-0.4, -0.2) is 25.4 Å². The van der Waals surface area contributed by atoms with E-state index >= 15 is 0 Å². The molecule has 0 fully saturated rings. The van der Waals surface area contributed by atoms with Gasteiger partial charge in [0, 0.05) is 6.61 Å². The molecule has 1 unspecified atom stereocenters. The fourth-order valence-electron chi connectivity index (χ4n) is 1.34. The second-order valence-electron chi connectivity index (χ2n) is 3.64. The van der Waals surface area contributed by atoms with E-state index in [9.17, 15) is 5.11 Å². The number of benzene rings is 1. The largest absolute Gasteiger partial charge is 0.497 e. The molecule has 0 aliphatic heterocycles. The fourth-order valence-corrected chi connectivity index (χ4v) is 1.34. The Kier molecular flexibility index (Phi) is 4.12. The van der Waals surface area contributed by atoms with E-state index in [2.05, 4.69) is 0 Å². The summed E-state index contributed by atoms with van der Waals surface area (Å²) in [5.41, 5.74) is -0.167. The lowest BCUT2D eigenvalue weighted by Gasteiger charge is -2.23. The molecule has 0 spiro atoms. The molecule has 1 rings (SSSR count). The molecule has 0 aromatic heterocycles. The van der Waals surface area contributed by atoms with Crippen LogP contribution in [0.1, 0.15) is 19.4 Å². The van der Waals surface area contributed by atoms with Crippen molar-refractivity contribution in [3.63, 3.8) is 0 Å². The molecule has 0 aliphatic carbocycles. The summed E-state index contributed by atoms with van der Waals surface area (Å²) in [6.45, 7) is 4.52. The van der Waals surface area contributed by atoms with E-state index in [1.807, 2.05) is 31.2 Å². The van der Waals surface area contributed by atoms with Gasteiger partial charge in [0.05, 0.1) is 13.7 Å². The number of methoxy groups -OCH3 is 1. The molecule has 0 aliphatic rings. The Balaban J connectivity index is 2.83. The van der Waals surface area contributed by atoms with Crippen molar-refractivity contribution in [3.8, 4) is 5.75 Å². The second kappa shape index (κ2) is 5.14. The van der Waals surface area contributed by atoms with Gasteiger partial charge in [-0.2, -0.15) is 0 Å². The van der Waals surface area contributed by atoms with Gasteiger partial charge < -0.3 is 14.6 Å². The van der Waals surface area contributed by atoms with Crippen molar-refractivity contribution in [1.82, 2.24) is 0 Å². The summed E-state index contributed by atoms with van der Waals surface area (Å²) in [4.78, 5) is 0. The minimum Gasteiger partial charge on any atom is -0.497 e. The Hall–Kier alpha value is -1.06. The molecule has 0 radical (unpaired) electrons. The van der Waals surface area contributed by atoms with Gasteiger partial charge >= 0.3 is 0 Å². The van der Waals surface area contributed by atoms with E-state index < -0.39 is 5.60 Å². The van der Waals surface area contributed by atoms with E-state index in [0.29, 0.717) is 6.61 Å². The topological polar surface area (TPSA) is 38.7 Å². The summed E-state index contributed by atoms with van der Waals surface area (Å²) in [5.74, 6) is 0.740. The number of aliphatic hydroxyl groups is 1. The molecule has 0 amide bonds. The molecule has 0 saturated carbocycles. The van der Waals surface area contributed by atoms with Crippen LogP contribution in [0.5, 0.6) is 5.75 Å². The first kappa shape index (κ1) is 12.0. The summed E-state index contributed by atoms with van der Waals surface area (Å²) in [7, 11) is 1.61. The van der Waals surface area contributed by atoms with Crippen molar-refractivity contribution in [2.45, 2.75) is 19.4 Å². The molecule has 15 heavy (non-hydrogen) atoms. The van der Waals surface area contributed by atoms with Crippen LogP contribution < -0.4 is 4.74 Å². The Labute approximate surface area is 90.6 Å². The SMILES string of the molecule is CCOCC(C)(O)c1cccc(OC)c1. The van der Waals surface area contributed by atoms with Gasteiger partial charge in [-0.05, 0) is 31.5 Å². The lowest BCUT2D eigenvalue weighted by atomic mass is 9.97. The lowest BCUT2D eigenvalue weighted by molar-refractivity contribution is -0.0344. The molecule has 1 atom stereocenters. The fraction of sp³-hybridized carbons (Fsp3) is 0.500. The molecule has 1 aromatic rings. The zero-order valence-corrected chi connectivity index (χ0v) is 9.49. The molecule has 0 heterocycles. The van der Waals surface area contributed by atoms with Crippen molar-refractivity contribution in [1.29, 1.82) is 0 Å². The third-order valence-electron chi connectivity index (χ3n) is 2.28. The summed E-state index contributed by atoms with van der Waals surface area (Å²) in [5, 5.41) is 10.2. The summed E-state index contributed by atoms with van der Waals surface area (Å²) < 4.78 is 10.3. The lowest BCUT2D eigenvalue weighted by Crippen LogP contribution is -2.27. The quantitative estimate of drug-likeness (QED) is 0.807. The minimum atomic E-state index is -0.968. The Bertz CT molecular complexity index is 307. The van der Waals surface area contributed by atoms with E-state index in [4.69, 9.17) is 9.47 Å². The zero-order chi connectivity index (χ0) is 11.3. The van der Waals surface area contributed by atoms with Crippen LogP contribution >= 0.6 is 0 Å². The number of hydrogen-bond acceptors (Lipinski definition) is 3. The van der Waals surface area contributed by atoms with Crippen molar-refractivity contribution in [3.05, 3.63) is 29.8 Å². The highest BCUT2D eigenvalue weighted by Crippen LogP contribution is 2.24. The van der Waals surface area contributed by atoms with Crippen LogP contribution in [0.25, 0.3) is 0 Å². The molecule has 3 heteroatoms. The summed E-state index contributed by atoms with van der Waals surface area (Å²) in [6.07, 6.45) is 0. The highest BCUT2D eigenvalue weighted by atomic mass is 16.5. The van der Waals surface area contributed by atoms with E-state index in [0.717, 1.165) is 11.3 Å². The van der Waals surface area contributed by atoms with Gasteiger partial charge in [-0.25, -0.2) is 0 Å². The Morgan fingerprint density at radius 1 is 1.40 bits per heavy atom. The smallest absolute Gasteiger partial charge is 0.119 e. The van der Waals surface area contributed by atoms with Gasteiger partial charge in [0.25, 0.3) is 0 Å². The van der Waals surface area contributed by atoms with Crippen LogP contribution in [0.15, 0.2) is 24.3 Å². The minimum absolute atomic E-state index is 0.288.